The minimum Gasteiger partial charge on any atom is -0.482 e. The predicted octanol–water partition coefficient (Wildman–Crippen LogP) is 4.12. The van der Waals surface area contributed by atoms with E-state index in [2.05, 4.69) is 10.1 Å². The van der Waals surface area contributed by atoms with Crippen LogP contribution in [0.15, 0.2) is 71.1 Å². The van der Waals surface area contributed by atoms with E-state index in [0.29, 0.717) is 35.5 Å². The summed E-state index contributed by atoms with van der Waals surface area (Å²) in [6, 6.07) is 12.8. The van der Waals surface area contributed by atoms with Gasteiger partial charge in [0.15, 0.2) is 6.61 Å². The molecule has 1 N–H and O–H groups in total. The fourth-order valence-corrected chi connectivity index (χ4v) is 4.25. The fourth-order valence-electron chi connectivity index (χ4n) is 4.25. The lowest BCUT2D eigenvalue weighted by Gasteiger charge is -2.30. The van der Waals surface area contributed by atoms with Gasteiger partial charge in [-0.2, -0.15) is 0 Å². The zero-order valence-corrected chi connectivity index (χ0v) is 22.9. The average molecular weight is 553 g/mol. The Morgan fingerprint density at radius 2 is 1.57 bits per heavy atom. The van der Waals surface area contributed by atoms with Gasteiger partial charge in [-0.3, -0.25) is 10.1 Å². The molecule has 0 amide bonds. The smallest absolute Gasteiger partial charge is 0.343 e. The summed E-state index contributed by atoms with van der Waals surface area (Å²) in [6.45, 7) is 5.26. The molecule has 3 rings (SSSR count). The first kappa shape index (κ1) is 29.9. The number of esters is 3. The van der Waals surface area contributed by atoms with Crippen molar-refractivity contribution in [3.05, 3.63) is 92.3 Å². The summed E-state index contributed by atoms with van der Waals surface area (Å²) in [7, 11) is 1.28. The van der Waals surface area contributed by atoms with E-state index in [1.165, 1.54) is 25.3 Å². The Kier molecular flexibility index (Phi) is 10.4. The molecule has 212 valence electrons. The molecular formula is C29H32N2O9. The third-order valence-corrected chi connectivity index (χ3v) is 6.18. The monoisotopic (exact) mass is 552 g/mol. The van der Waals surface area contributed by atoms with Crippen molar-refractivity contribution in [2.75, 3.05) is 26.9 Å². The number of ether oxygens (including phenoxy) is 4. The van der Waals surface area contributed by atoms with E-state index >= 15 is 0 Å². The highest BCUT2D eigenvalue weighted by Gasteiger charge is 2.38. The number of nitro benzene ring substituents is 1. The number of methoxy groups -OCH3 is 1. The number of rotatable bonds is 12. The number of hydrogen-bond acceptors (Lipinski definition) is 10. The van der Waals surface area contributed by atoms with Crippen molar-refractivity contribution in [2.24, 2.45) is 0 Å². The van der Waals surface area contributed by atoms with E-state index in [1.54, 1.807) is 44.2 Å². The molecule has 1 aliphatic rings. The highest BCUT2D eigenvalue weighted by molar-refractivity contribution is 6.00. The molecule has 2 aromatic rings. The predicted molar refractivity (Wildman–Crippen MR) is 144 cm³/mol. The van der Waals surface area contributed by atoms with Gasteiger partial charge >= 0.3 is 17.9 Å². The number of nitrogens with zero attached hydrogens (tertiary/aromatic N) is 1. The first-order valence-corrected chi connectivity index (χ1v) is 12.7. The SMILES string of the molecule is CCCOC(=O)C1=C(C)NC(C)=C(C(=O)OCCc2ccc(OCC(=O)OC)cc2)C1c1cccc([N+](=O)[O-])c1. The number of dihydropyridines is 1. The Morgan fingerprint density at radius 3 is 2.15 bits per heavy atom. The molecule has 2 aromatic carbocycles. The van der Waals surface area contributed by atoms with E-state index < -0.39 is 28.7 Å². The summed E-state index contributed by atoms with van der Waals surface area (Å²) in [5, 5.41) is 14.5. The van der Waals surface area contributed by atoms with E-state index in [4.69, 9.17) is 14.2 Å². The highest BCUT2D eigenvalue weighted by atomic mass is 16.6. The van der Waals surface area contributed by atoms with Crippen molar-refractivity contribution >= 4 is 23.6 Å². The largest absolute Gasteiger partial charge is 0.482 e. The van der Waals surface area contributed by atoms with E-state index in [-0.39, 0.29) is 36.7 Å². The minimum atomic E-state index is -0.927. The lowest BCUT2D eigenvalue weighted by Crippen LogP contribution is -2.32. The molecule has 0 spiro atoms. The molecule has 1 aliphatic heterocycles. The van der Waals surface area contributed by atoms with Gasteiger partial charge in [-0.25, -0.2) is 14.4 Å². The van der Waals surface area contributed by atoms with Crippen LogP contribution in [0, 0.1) is 10.1 Å². The second-order valence-electron chi connectivity index (χ2n) is 9.02. The van der Waals surface area contributed by atoms with Crippen LogP contribution in [0.25, 0.3) is 0 Å². The molecule has 0 bridgehead atoms. The third-order valence-electron chi connectivity index (χ3n) is 6.18. The number of carbonyl (C=O) groups is 3. The van der Waals surface area contributed by atoms with Crippen LogP contribution in [0.4, 0.5) is 5.69 Å². The summed E-state index contributed by atoms with van der Waals surface area (Å²) in [6.07, 6.45) is 1.000. The number of nitrogens with one attached hydrogen (secondary N) is 1. The Morgan fingerprint density at radius 1 is 0.950 bits per heavy atom. The maximum Gasteiger partial charge on any atom is 0.343 e. The summed E-state index contributed by atoms with van der Waals surface area (Å²) in [5.41, 5.74) is 2.40. The van der Waals surface area contributed by atoms with Crippen LogP contribution in [-0.2, 0) is 35.0 Å². The number of allylic oxidation sites excluding steroid dienone is 2. The average Bonchev–Trinajstić information content (AvgIpc) is 2.94. The summed E-state index contributed by atoms with van der Waals surface area (Å²) < 4.78 is 20.9. The zero-order chi connectivity index (χ0) is 29.2. The molecule has 40 heavy (non-hydrogen) atoms. The second-order valence-corrected chi connectivity index (χ2v) is 9.02. The highest BCUT2D eigenvalue weighted by Crippen LogP contribution is 2.40. The van der Waals surface area contributed by atoms with E-state index in [9.17, 15) is 24.5 Å². The van der Waals surface area contributed by atoms with Crippen LogP contribution in [0.2, 0.25) is 0 Å². The molecule has 11 nitrogen and oxygen atoms in total. The zero-order valence-electron chi connectivity index (χ0n) is 22.9. The second kappa shape index (κ2) is 13.9. The molecule has 0 aliphatic carbocycles. The Balaban J connectivity index is 1.81. The van der Waals surface area contributed by atoms with Gasteiger partial charge in [-0.15, -0.1) is 0 Å². The molecule has 1 unspecified atom stereocenters. The number of nitro groups is 1. The van der Waals surface area contributed by atoms with Crippen molar-refractivity contribution < 1.29 is 38.3 Å². The molecule has 0 radical (unpaired) electrons. The number of hydrogen-bond donors (Lipinski definition) is 1. The normalized spacial score (nSPS) is 14.8. The maximum atomic E-state index is 13.4. The van der Waals surface area contributed by atoms with Crippen molar-refractivity contribution in [3.63, 3.8) is 0 Å². The summed E-state index contributed by atoms with van der Waals surface area (Å²) in [4.78, 5) is 48.7. The Labute approximate surface area is 231 Å². The first-order chi connectivity index (χ1) is 19.2. The van der Waals surface area contributed by atoms with Crippen LogP contribution in [0.5, 0.6) is 5.75 Å². The number of non-ortho nitro benzene ring substituents is 1. The lowest BCUT2D eigenvalue weighted by atomic mass is 9.80. The number of carbonyl (C=O) groups excluding carboxylic acids is 3. The van der Waals surface area contributed by atoms with Crippen LogP contribution in [-0.4, -0.2) is 49.8 Å². The lowest BCUT2D eigenvalue weighted by molar-refractivity contribution is -0.384. The quantitative estimate of drug-likeness (QED) is 0.177. The maximum absolute atomic E-state index is 13.4. The molecule has 11 heteroatoms. The summed E-state index contributed by atoms with van der Waals surface area (Å²) >= 11 is 0. The summed E-state index contributed by atoms with van der Waals surface area (Å²) in [5.74, 6) is -2.20. The molecule has 1 heterocycles. The fraction of sp³-hybridized carbons (Fsp3) is 0.345. The first-order valence-electron chi connectivity index (χ1n) is 12.7. The van der Waals surface area contributed by atoms with Crippen molar-refractivity contribution in [3.8, 4) is 5.75 Å². The van der Waals surface area contributed by atoms with Gasteiger partial charge < -0.3 is 24.3 Å². The van der Waals surface area contributed by atoms with Gasteiger partial charge in [0.05, 0.1) is 42.3 Å². The Bertz CT molecular complexity index is 1330. The van der Waals surface area contributed by atoms with Crippen LogP contribution in [0.1, 0.15) is 44.2 Å². The van der Waals surface area contributed by atoms with Gasteiger partial charge in [0, 0.05) is 29.9 Å². The Hall–Kier alpha value is -4.67. The molecule has 1 atom stereocenters. The van der Waals surface area contributed by atoms with Crippen LogP contribution in [0.3, 0.4) is 0 Å². The van der Waals surface area contributed by atoms with Crippen molar-refractivity contribution in [2.45, 2.75) is 39.5 Å². The van der Waals surface area contributed by atoms with Crippen molar-refractivity contribution in [1.29, 1.82) is 0 Å². The van der Waals surface area contributed by atoms with E-state index in [0.717, 1.165) is 5.56 Å². The van der Waals surface area contributed by atoms with E-state index in [1.807, 2.05) is 6.92 Å². The van der Waals surface area contributed by atoms with Crippen LogP contribution >= 0.6 is 0 Å². The van der Waals surface area contributed by atoms with Gasteiger partial charge in [-0.05, 0) is 43.5 Å². The third kappa shape index (κ3) is 7.46. The number of benzene rings is 2. The molecule has 0 fully saturated rings. The molecule has 0 aromatic heterocycles. The topological polar surface area (TPSA) is 143 Å². The van der Waals surface area contributed by atoms with Crippen LogP contribution < -0.4 is 10.1 Å². The molecule has 0 saturated carbocycles. The van der Waals surface area contributed by atoms with Crippen molar-refractivity contribution in [1.82, 2.24) is 5.32 Å². The van der Waals surface area contributed by atoms with Gasteiger partial charge in [0.1, 0.15) is 5.75 Å². The molecular weight excluding hydrogens is 520 g/mol. The minimum absolute atomic E-state index is 0.0396. The van der Waals surface area contributed by atoms with Gasteiger partial charge in [0.2, 0.25) is 0 Å². The van der Waals surface area contributed by atoms with Gasteiger partial charge in [0.25, 0.3) is 5.69 Å². The molecule has 0 saturated heterocycles. The standard InChI is InChI=1S/C29H32N2O9/c1-5-14-38-28(33)25-18(2)30-19(3)26(27(25)21-7-6-8-22(16-21)31(35)36)29(34)39-15-13-20-9-11-23(12-10-20)40-17-24(32)37-4/h6-12,16,27,30H,5,13-15,17H2,1-4H3. The van der Waals surface area contributed by atoms with Gasteiger partial charge in [-0.1, -0.05) is 31.2 Å².